The van der Waals surface area contributed by atoms with E-state index in [2.05, 4.69) is 10.0 Å². The van der Waals surface area contributed by atoms with Crippen molar-refractivity contribution < 1.29 is 18.1 Å². The van der Waals surface area contributed by atoms with Crippen molar-refractivity contribution in [3.8, 4) is 0 Å². The van der Waals surface area contributed by atoms with Crippen molar-refractivity contribution in [1.29, 1.82) is 0 Å². The minimum Gasteiger partial charge on any atom is -0.321 e. The molecule has 0 aliphatic heterocycles. The number of nitro benzene ring substituents is 1. The number of anilines is 1. The number of nitrogens with zero attached hydrogens (tertiary/aromatic N) is 1. The first-order valence-corrected chi connectivity index (χ1v) is 9.89. The van der Waals surface area contributed by atoms with Crippen LogP contribution < -0.4 is 10.0 Å². The van der Waals surface area contributed by atoms with E-state index in [1.165, 1.54) is 43.3 Å². The lowest BCUT2D eigenvalue weighted by atomic mass is 10.1. The van der Waals surface area contributed by atoms with Crippen molar-refractivity contribution in [2.45, 2.75) is 31.6 Å². The summed E-state index contributed by atoms with van der Waals surface area (Å²) in [6, 6.07) is 10.0. The topological polar surface area (TPSA) is 118 Å². The summed E-state index contributed by atoms with van der Waals surface area (Å²) in [6.07, 6.45) is 1.57. The number of amides is 1. The van der Waals surface area contributed by atoms with Gasteiger partial charge in [0, 0.05) is 18.2 Å². The number of carbonyl (C=O) groups is 1. The van der Waals surface area contributed by atoms with Gasteiger partial charge in [0.05, 0.1) is 21.1 Å². The van der Waals surface area contributed by atoms with E-state index in [0.29, 0.717) is 24.2 Å². The second-order valence-electron chi connectivity index (χ2n) is 5.94. The SMILES string of the molecule is CCCCNS(=O)(=O)c1cccc(C(=O)Nc2cccc([N+](=O)[O-])c2C)c1. The number of benzene rings is 2. The van der Waals surface area contributed by atoms with Crippen LogP contribution in [0.2, 0.25) is 0 Å². The van der Waals surface area contributed by atoms with Gasteiger partial charge in [-0.2, -0.15) is 0 Å². The van der Waals surface area contributed by atoms with E-state index in [1.807, 2.05) is 6.92 Å². The maximum Gasteiger partial charge on any atom is 0.274 e. The van der Waals surface area contributed by atoms with Crippen LogP contribution in [0.4, 0.5) is 11.4 Å². The van der Waals surface area contributed by atoms with E-state index >= 15 is 0 Å². The van der Waals surface area contributed by atoms with Crippen molar-refractivity contribution in [2.75, 3.05) is 11.9 Å². The number of rotatable bonds is 8. The largest absolute Gasteiger partial charge is 0.321 e. The number of carbonyl (C=O) groups excluding carboxylic acids is 1. The van der Waals surface area contributed by atoms with Gasteiger partial charge < -0.3 is 5.32 Å². The second-order valence-corrected chi connectivity index (χ2v) is 7.71. The van der Waals surface area contributed by atoms with Crippen LogP contribution in [0.25, 0.3) is 0 Å². The third-order valence-electron chi connectivity index (χ3n) is 3.98. The average molecular weight is 391 g/mol. The summed E-state index contributed by atoms with van der Waals surface area (Å²) < 4.78 is 27.1. The summed E-state index contributed by atoms with van der Waals surface area (Å²) in [7, 11) is -3.71. The Kier molecular flexibility index (Phi) is 6.65. The Morgan fingerprint density at radius 2 is 1.89 bits per heavy atom. The van der Waals surface area contributed by atoms with Crippen LogP contribution >= 0.6 is 0 Å². The highest BCUT2D eigenvalue weighted by Gasteiger charge is 2.18. The molecule has 0 aromatic heterocycles. The summed E-state index contributed by atoms with van der Waals surface area (Å²) in [6.45, 7) is 3.81. The van der Waals surface area contributed by atoms with Gasteiger partial charge in [0.1, 0.15) is 0 Å². The molecule has 0 heterocycles. The summed E-state index contributed by atoms with van der Waals surface area (Å²) in [5.74, 6) is -0.552. The smallest absolute Gasteiger partial charge is 0.274 e. The molecule has 144 valence electrons. The molecule has 0 aliphatic carbocycles. The Morgan fingerprint density at radius 1 is 1.19 bits per heavy atom. The molecule has 2 rings (SSSR count). The molecule has 2 aromatic rings. The van der Waals surface area contributed by atoms with Crippen molar-refractivity contribution in [2.24, 2.45) is 0 Å². The van der Waals surface area contributed by atoms with E-state index in [1.54, 1.807) is 6.07 Å². The van der Waals surface area contributed by atoms with Gasteiger partial charge in [-0.05, 0) is 37.6 Å². The first kappa shape index (κ1) is 20.5. The molecule has 2 aromatic carbocycles. The number of sulfonamides is 1. The Labute approximate surface area is 157 Å². The van der Waals surface area contributed by atoms with Gasteiger partial charge in [0.2, 0.25) is 10.0 Å². The highest BCUT2D eigenvalue weighted by atomic mass is 32.2. The Bertz CT molecular complexity index is 957. The zero-order valence-electron chi connectivity index (χ0n) is 15.1. The number of unbranched alkanes of at least 4 members (excludes halogenated alkanes) is 1. The molecule has 8 nitrogen and oxygen atoms in total. The van der Waals surface area contributed by atoms with Gasteiger partial charge >= 0.3 is 0 Å². The summed E-state index contributed by atoms with van der Waals surface area (Å²) in [5, 5.41) is 13.6. The van der Waals surface area contributed by atoms with Gasteiger partial charge in [-0.25, -0.2) is 13.1 Å². The molecule has 27 heavy (non-hydrogen) atoms. The normalized spacial score (nSPS) is 11.2. The molecule has 0 unspecified atom stereocenters. The number of nitrogens with one attached hydrogen (secondary N) is 2. The lowest BCUT2D eigenvalue weighted by Gasteiger charge is -2.10. The van der Waals surface area contributed by atoms with Gasteiger partial charge in [-0.1, -0.05) is 25.5 Å². The van der Waals surface area contributed by atoms with Crippen LogP contribution in [0.1, 0.15) is 35.7 Å². The predicted octanol–water partition coefficient (Wildman–Crippen LogP) is 3.23. The third kappa shape index (κ3) is 5.11. The molecular weight excluding hydrogens is 370 g/mol. The predicted molar refractivity (Wildman–Crippen MR) is 102 cm³/mol. The number of nitro groups is 1. The van der Waals surface area contributed by atoms with E-state index in [4.69, 9.17) is 0 Å². The van der Waals surface area contributed by atoms with Crippen LogP contribution in [-0.4, -0.2) is 25.8 Å². The van der Waals surface area contributed by atoms with Crippen LogP contribution in [0, 0.1) is 17.0 Å². The zero-order valence-corrected chi connectivity index (χ0v) is 15.9. The van der Waals surface area contributed by atoms with Gasteiger partial charge in [0.25, 0.3) is 11.6 Å². The number of hydrogen-bond acceptors (Lipinski definition) is 5. The molecular formula is C18H21N3O5S. The van der Waals surface area contributed by atoms with E-state index in [0.717, 1.165) is 6.42 Å². The highest BCUT2D eigenvalue weighted by molar-refractivity contribution is 7.89. The van der Waals surface area contributed by atoms with Crippen molar-refractivity contribution in [1.82, 2.24) is 4.72 Å². The van der Waals surface area contributed by atoms with Crippen molar-refractivity contribution >= 4 is 27.3 Å². The van der Waals surface area contributed by atoms with Crippen LogP contribution in [0.5, 0.6) is 0 Å². The monoisotopic (exact) mass is 391 g/mol. The molecule has 0 saturated heterocycles. The van der Waals surface area contributed by atoms with Crippen LogP contribution in [0.3, 0.4) is 0 Å². The van der Waals surface area contributed by atoms with E-state index in [-0.39, 0.29) is 16.1 Å². The Hall–Kier alpha value is -2.78. The Balaban J connectivity index is 2.24. The van der Waals surface area contributed by atoms with Gasteiger partial charge in [-0.15, -0.1) is 0 Å². The van der Waals surface area contributed by atoms with Crippen molar-refractivity contribution in [3.63, 3.8) is 0 Å². The first-order valence-electron chi connectivity index (χ1n) is 8.41. The molecule has 0 fully saturated rings. The van der Waals surface area contributed by atoms with Crippen LogP contribution in [0.15, 0.2) is 47.4 Å². The lowest BCUT2D eigenvalue weighted by molar-refractivity contribution is -0.385. The average Bonchev–Trinajstić information content (AvgIpc) is 2.63. The molecule has 0 aliphatic rings. The molecule has 2 N–H and O–H groups in total. The fourth-order valence-corrected chi connectivity index (χ4v) is 3.54. The fraction of sp³-hybridized carbons (Fsp3) is 0.278. The lowest BCUT2D eigenvalue weighted by Crippen LogP contribution is -2.25. The van der Waals surface area contributed by atoms with Crippen molar-refractivity contribution in [3.05, 3.63) is 63.7 Å². The maximum atomic E-state index is 12.5. The minimum atomic E-state index is -3.71. The molecule has 0 saturated carbocycles. The first-order chi connectivity index (χ1) is 12.8. The fourth-order valence-electron chi connectivity index (χ4n) is 2.42. The molecule has 9 heteroatoms. The second kappa shape index (κ2) is 8.74. The summed E-state index contributed by atoms with van der Waals surface area (Å²) in [5.41, 5.74) is 0.646. The third-order valence-corrected chi connectivity index (χ3v) is 5.44. The minimum absolute atomic E-state index is 0.0120. The number of hydrogen-bond donors (Lipinski definition) is 2. The molecule has 0 radical (unpaired) electrons. The molecule has 0 atom stereocenters. The Morgan fingerprint density at radius 3 is 2.56 bits per heavy atom. The zero-order chi connectivity index (χ0) is 20.0. The van der Waals surface area contributed by atoms with E-state index < -0.39 is 20.9 Å². The molecule has 1 amide bonds. The van der Waals surface area contributed by atoms with Gasteiger partial charge in [0.15, 0.2) is 0 Å². The molecule has 0 spiro atoms. The maximum absolute atomic E-state index is 12.5. The summed E-state index contributed by atoms with van der Waals surface area (Å²) >= 11 is 0. The van der Waals surface area contributed by atoms with Crippen LogP contribution in [-0.2, 0) is 10.0 Å². The highest BCUT2D eigenvalue weighted by Crippen LogP contribution is 2.25. The quantitative estimate of drug-likeness (QED) is 0.407. The standard InChI is InChI=1S/C18H21N3O5S/c1-3-4-11-19-27(25,26)15-8-5-7-14(12-15)18(22)20-16-9-6-10-17(13(16)2)21(23)24/h5-10,12,19H,3-4,11H2,1-2H3,(H,20,22). The van der Waals surface area contributed by atoms with Gasteiger partial charge in [-0.3, -0.25) is 14.9 Å². The van der Waals surface area contributed by atoms with E-state index in [9.17, 15) is 23.3 Å². The molecule has 0 bridgehead atoms. The summed E-state index contributed by atoms with van der Waals surface area (Å²) in [4.78, 5) is 23.0.